The van der Waals surface area contributed by atoms with Gasteiger partial charge in [0, 0.05) is 51.0 Å². The van der Waals surface area contributed by atoms with Crippen molar-refractivity contribution < 1.29 is 13.9 Å². The van der Waals surface area contributed by atoms with Crippen molar-refractivity contribution in [2.75, 3.05) is 39.3 Å². The van der Waals surface area contributed by atoms with Crippen molar-refractivity contribution >= 4 is 11.9 Å². The molecule has 0 bridgehead atoms. The largest absolute Gasteiger partial charge is 0.469 e. The number of carbonyl (C=O) groups excluding carboxylic acids is 1. The number of guanidine groups is 1. The lowest BCUT2D eigenvalue weighted by Crippen LogP contribution is -2.51. The molecule has 3 saturated heterocycles. The molecule has 7 heteroatoms. The van der Waals surface area contributed by atoms with Crippen molar-refractivity contribution in [1.29, 1.82) is 0 Å². The fourth-order valence-electron chi connectivity index (χ4n) is 4.59. The van der Waals surface area contributed by atoms with Gasteiger partial charge in [0.05, 0.1) is 18.9 Å². The number of hydrogen-bond donors (Lipinski definition) is 2. The first kappa shape index (κ1) is 19.3. The number of hydrogen-bond acceptors (Lipinski definition) is 4. The topological polar surface area (TPSA) is 79.1 Å². The SMILES string of the molecule is O=C1CC2(CCCN(C(=NCC3CCCCO3)NCCc3ccco3)C2)CN1. The molecule has 1 aromatic heterocycles. The molecule has 0 aromatic carbocycles. The average Bonchev–Trinajstić information content (AvgIpc) is 3.35. The average molecular weight is 389 g/mol. The lowest BCUT2D eigenvalue weighted by Gasteiger charge is -2.41. The van der Waals surface area contributed by atoms with E-state index in [-0.39, 0.29) is 17.4 Å². The maximum absolute atomic E-state index is 11.8. The zero-order valence-corrected chi connectivity index (χ0v) is 16.6. The summed E-state index contributed by atoms with van der Waals surface area (Å²) >= 11 is 0. The first-order valence-electron chi connectivity index (χ1n) is 10.7. The number of likely N-dealkylation sites (tertiary alicyclic amines) is 1. The molecule has 2 unspecified atom stereocenters. The third-order valence-electron chi connectivity index (χ3n) is 6.11. The number of rotatable bonds is 5. The molecule has 28 heavy (non-hydrogen) atoms. The van der Waals surface area contributed by atoms with Crippen LogP contribution in [0.4, 0.5) is 0 Å². The van der Waals surface area contributed by atoms with Gasteiger partial charge in [0.15, 0.2) is 5.96 Å². The van der Waals surface area contributed by atoms with Crippen LogP contribution in [0.5, 0.6) is 0 Å². The minimum atomic E-state index is 0.0557. The van der Waals surface area contributed by atoms with Crippen molar-refractivity contribution in [3.05, 3.63) is 24.2 Å². The van der Waals surface area contributed by atoms with E-state index in [1.54, 1.807) is 6.26 Å². The molecule has 2 N–H and O–H groups in total. The zero-order chi connectivity index (χ0) is 19.2. The zero-order valence-electron chi connectivity index (χ0n) is 16.6. The normalized spacial score (nSPS) is 28.6. The van der Waals surface area contributed by atoms with Crippen LogP contribution in [-0.2, 0) is 16.0 Å². The summed E-state index contributed by atoms with van der Waals surface area (Å²) in [4.78, 5) is 19.1. The van der Waals surface area contributed by atoms with E-state index in [0.717, 1.165) is 76.6 Å². The number of carbonyl (C=O) groups is 1. The van der Waals surface area contributed by atoms with Gasteiger partial charge in [0.1, 0.15) is 5.76 Å². The minimum absolute atomic E-state index is 0.0557. The Kier molecular flexibility index (Phi) is 6.20. The fraction of sp³-hybridized carbons (Fsp3) is 0.714. The van der Waals surface area contributed by atoms with E-state index in [1.807, 2.05) is 12.1 Å². The van der Waals surface area contributed by atoms with Gasteiger partial charge < -0.3 is 24.7 Å². The molecule has 3 aliphatic heterocycles. The predicted molar refractivity (Wildman–Crippen MR) is 107 cm³/mol. The molecule has 1 amide bonds. The molecule has 154 valence electrons. The van der Waals surface area contributed by atoms with Gasteiger partial charge >= 0.3 is 0 Å². The van der Waals surface area contributed by atoms with Crippen LogP contribution in [0.2, 0.25) is 0 Å². The monoisotopic (exact) mass is 388 g/mol. The Morgan fingerprint density at radius 3 is 3.11 bits per heavy atom. The fourth-order valence-corrected chi connectivity index (χ4v) is 4.59. The highest BCUT2D eigenvalue weighted by atomic mass is 16.5. The summed E-state index contributed by atoms with van der Waals surface area (Å²) in [7, 11) is 0. The number of furan rings is 1. The molecule has 0 aliphatic carbocycles. The van der Waals surface area contributed by atoms with E-state index in [9.17, 15) is 4.79 Å². The highest BCUT2D eigenvalue weighted by Crippen LogP contribution is 2.36. The maximum atomic E-state index is 11.8. The number of aliphatic imine (C=N–C) groups is 1. The summed E-state index contributed by atoms with van der Waals surface area (Å²) in [6, 6.07) is 3.92. The summed E-state index contributed by atoms with van der Waals surface area (Å²) < 4.78 is 11.3. The second-order valence-corrected chi connectivity index (χ2v) is 8.39. The predicted octanol–water partition coefficient (Wildman–Crippen LogP) is 1.94. The van der Waals surface area contributed by atoms with Crippen LogP contribution in [-0.4, -0.2) is 62.2 Å². The van der Waals surface area contributed by atoms with Gasteiger partial charge in [0.25, 0.3) is 0 Å². The van der Waals surface area contributed by atoms with Gasteiger partial charge in [-0.3, -0.25) is 9.79 Å². The van der Waals surface area contributed by atoms with Crippen molar-refractivity contribution in [2.45, 2.75) is 51.0 Å². The van der Waals surface area contributed by atoms with Gasteiger partial charge in [-0.1, -0.05) is 0 Å². The van der Waals surface area contributed by atoms with Crippen LogP contribution in [0.15, 0.2) is 27.8 Å². The van der Waals surface area contributed by atoms with Crippen LogP contribution in [0, 0.1) is 5.41 Å². The molecule has 0 radical (unpaired) electrons. The first-order valence-corrected chi connectivity index (χ1v) is 10.7. The van der Waals surface area contributed by atoms with E-state index in [2.05, 4.69) is 15.5 Å². The molecule has 0 saturated carbocycles. The third-order valence-corrected chi connectivity index (χ3v) is 6.11. The quantitative estimate of drug-likeness (QED) is 0.595. The number of ether oxygens (including phenoxy) is 1. The van der Waals surface area contributed by atoms with Crippen LogP contribution < -0.4 is 10.6 Å². The molecule has 4 rings (SSSR count). The summed E-state index contributed by atoms with van der Waals surface area (Å²) in [5.41, 5.74) is 0.0557. The Hall–Kier alpha value is -2.02. The van der Waals surface area contributed by atoms with Gasteiger partial charge in [-0.05, 0) is 44.2 Å². The Balaban J connectivity index is 1.40. The highest BCUT2D eigenvalue weighted by molar-refractivity contribution is 5.81. The van der Waals surface area contributed by atoms with E-state index in [4.69, 9.17) is 14.1 Å². The summed E-state index contributed by atoms with van der Waals surface area (Å²) in [5.74, 6) is 2.10. The van der Waals surface area contributed by atoms with Gasteiger partial charge in [-0.2, -0.15) is 0 Å². The van der Waals surface area contributed by atoms with Crippen LogP contribution >= 0.6 is 0 Å². The number of nitrogens with one attached hydrogen (secondary N) is 2. The van der Waals surface area contributed by atoms with Crippen molar-refractivity contribution in [3.8, 4) is 0 Å². The van der Waals surface area contributed by atoms with Crippen molar-refractivity contribution in [1.82, 2.24) is 15.5 Å². The Bertz CT molecular complexity index is 669. The van der Waals surface area contributed by atoms with Gasteiger partial charge in [-0.25, -0.2) is 0 Å². The van der Waals surface area contributed by atoms with E-state index in [1.165, 1.54) is 6.42 Å². The summed E-state index contributed by atoms with van der Waals surface area (Å²) in [6.45, 7) is 4.97. The molecule has 7 nitrogen and oxygen atoms in total. The minimum Gasteiger partial charge on any atom is -0.469 e. The molecular weight excluding hydrogens is 356 g/mol. The van der Waals surface area contributed by atoms with Gasteiger partial charge in [-0.15, -0.1) is 0 Å². The molecule has 2 atom stereocenters. The van der Waals surface area contributed by atoms with Crippen molar-refractivity contribution in [3.63, 3.8) is 0 Å². The summed E-state index contributed by atoms with van der Waals surface area (Å²) in [6.07, 6.45) is 9.06. The Labute approximate surface area is 166 Å². The van der Waals surface area contributed by atoms with Crippen LogP contribution in [0.1, 0.15) is 44.3 Å². The second kappa shape index (κ2) is 8.99. The Morgan fingerprint density at radius 1 is 1.39 bits per heavy atom. The van der Waals surface area contributed by atoms with E-state index < -0.39 is 0 Å². The number of piperidine rings is 1. The second-order valence-electron chi connectivity index (χ2n) is 8.39. The molecule has 1 aromatic rings. The lowest BCUT2D eigenvalue weighted by atomic mass is 9.79. The van der Waals surface area contributed by atoms with Gasteiger partial charge in [0.2, 0.25) is 5.91 Å². The maximum Gasteiger partial charge on any atom is 0.220 e. The molecule has 4 heterocycles. The molecular formula is C21H32N4O3. The standard InChI is InChI=1S/C21H32N4O3/c26-19-13-21(15-24-19)8-4-10-25(16-21)20(22-9-7-17-6-3-12-27-17)23-14-18-5-1-2-11-28-18/h3,6,12,18H,1-2,4-5,7-11,13-16H2,(H,22,23)(H,24,26). The lowest BCUT2D eigenvalue weighted by molar-refractivity contribution is -0.119. The molecule has 3 aliphatic rings. The summed E-state index contributed by atoms with van der Waals surface area (Å²) in [5, 5.41) is 6.57. The smallest absolute Gasteiger partial charge is 0.220 e. The molecule has 3 fully saturated rings. The van der Waals surface area contributed by atoms with E-state index >= 15 is 0 Å². The number of nitrogens with zero attached hydrogens (tertiary/aromatic N) is 2. The van der Waals surface area contributed by atoms with E-state index in [0.29, 0.717) is 13.0 Å². The van der Waals surface area contributed by atoms with Crippen molar-refractivity contribution in [2.24, 2.45) is 10.4 Å². The van der Waals surface area contributed by atoms with Crippen LogP contribution in [0.25, 0.3) is 0 Å². The van der Waals surface area contributed by atoms with Crippen LogP contribution in [0.3, 0.4) is 0 Å². The number of amides is 1. The highest BCUT2D eigenvalue weighted by Gasteiger charge is 2.42. The first-order chi connectivity index (χ1) is 13.7. The Morgan fingerprint density at radius 2 is 2.36 bits per heavy atom. The molecule has 1 spiro atoms. The third kappa shape index (κ3) is 4.87.